The lowest BCUT2D eigenvalue weighted by molar-refractivity contribution is -0.124. The molecule has 1 saturated carbocycles. The van der Waals surface area contributed by atoms with Crippen molar-refractivity contribution in [3.8, 4) is 0 Å². The van der Waals surface area contributed by atoms with Gasteiger partial charge in [-0.05, 0) is 31.7 Å². The molecule has 1 atom stereocenters. The van der Waals surface area contributed by atoms with Crippen molar-refractivity contribution >= 4 is 5.91 Å². The maximum absolute atomic E-state index is 11.3. The van der Waals surface area contributed by atoms with Gasteiger partial charge in [-0.1, -0.05) is 6.92 Å². The van der Waals surface area contributed by atoms with Crippen LogP contribution in [-0.4, -0.2) is 19.0 Å². The molecule has 3 nitrogen and oxygen atoms in total. The fraction of sp³-hybridized carbons (Fsp3) is 0.889. The number of hydrogen-bond acceptors (Lipinski definition) is 2. The van der Waals surface area contributed by atoms with E-state index in [0.717, 1.165) is 18.9 Å². The average molecular weight is 170 g/mol. The third-order valence-corrected chi connectivity index (χ3v) is 2.31. The van der Waals surface area contributed by atoms with Crippen LogP contribution in [0.25, 0.3) is 0 Å². The number of amides is 1. The molecular formula is C9H18N2O. The number of carbonyl (C=O) groups excluding carboxylic acids is 1. The van der Waals surface area contributed by atoms with E-state index in [-0.39, 0.29) is 11.8 Å². The molecule has 1 fully saturated rings. The fourth-order valence-corrected chi connectivity index (χ4v) is 1.12. The predicted molar refractivity (Wildman–Crippen MR) is 48.6 cm³/mol. The zero-order valence-electron chi connectivity index (χ0n) is 7.68. The van der Waals surface area contributed by atoms with Crippen LogP contribution in [0, 0.1) is 11.8 Å². The van der Waals surface area contributed by atoms with Crippen LogP contribution in [0.4, 0.5) is 0 Å². The zero-order chi connectivity index (χ0) is 8.97. The number of carbonyl (C=O) groups is 1. The maximum Gasteiger partial charge on any atom is 0.222 e. The van der Waals surface area contributed by atoms with Crippen molar-refractivity contribution in [3.63, 3.8) is 0 Å². The Kier molecular flexibility index (Phi) is 3.53. The van der Waals surface area contributed by atoms with E-state index in [4.69, 9.17) is 5.73 Å². The van der Waals surface area contributed by atoms with Crippen molar-refractivity contribution in [1.82, 2.24) is 5.32 Å². The Bertz CT molecular complexity index is 155. The predicted octanol–water partition coefficient (Wildman–Crippen LogP) is 0.497. The first-order valence-corrected chi connectivity index (χ1v) is 4.71. The fourth-order valence-electron chi connectivity index (χ4n) is 1.12. The highest BCUT2D eigenvalue weighted by Gasteiger charge is 2.22. The Labute approximate surface area is 73.7 Å². The van der Waals surface area contributed by atoms with Gasteiger partial charge >= 0.3 is 0 Å². The van der Waals surface area contributed by atoms with Gasteiger partial charge < -0.3 is 11.1 Å². The molecule has 1 amide bonds. The Balaban J connectivity index is 2.07. The Morgan fingerprint density at radius 2 is 2.33 bits per heavy atom. The summed E-state index contributed by atoms with van der Waals surface area (Å²) in [6.45, 7) is 3.39. The summed E-state index contributed by atoms with van der Waals surface area (Å²) in [5.74, 6) is 1.00. The first-order chi connectivity index (χ1) is 5.74. The van der Waals surface area contributed by atoms with Crippen LogP contribution in [0.1, 0.15) is 26.2 Å². The Hall–Kier alpha value is -0.570. The zero-order valence-corrected chi connectivity index (χ0v) is 7.68. The molecular weight excluding hydrogens is 152 g/mol. The van der Waals surface area contributed by atoms with Gasteiger partial charge in [-0.15, -0.1) is 0 Å². The van der Waals surface area contributed by atoms with E-state index >= 15 is 0 Å². The van der Waals surface area contributed by atoms with Crippen LogP contribution in [-0.2, 0) is 4.79 Å². The molecule has 0 aromatic heterocycles. The van der Waals surface area contributed by atoms with Crippen LogP contribution in [0.5, 0.6) is 0 Å². The highest BCUT2D eigenvalue weighted by Crippen LogP contribution is 2.27. The highest BCUT2D eigenvalue weighted by atomic mass is 16.1. The van der Waals surface area contributed by atoms with E-state index in [1.165, 1.54) is 12.8 Å². The van der Waals surface area contributed by atoms with Gasteiger partial charge in [0.05, 0.1) is 0 Å². The standard InChI is InChI=1S/C9H18N2O/c1-7(4-5-10)9(12)11-6-8-2-3-8/h7-8H,2-6,10H2,1H3,(H,11,12). The summed E-state index contributed by atoms with van der Waals surface area (Å²) in [7, 11) is 0. The lowest BCUT2D eigenvalue weighted by atomic mass is 10.1. The summed E-state index contributed by atoms with van der Waals surface area (Å²) in [5.41, 5.74) is 5.36. The van der Waals surface area contributed by atoms with Gasteiger partial charge in [0.2, 0.25) is 5.91 Å². The molecule has 3 heteroatoms. The average Bonchev–Trinajstić information content (AvgIpc) is 2.83. The van der Waals surface area contributed by atoms with Crippen molar-refractivity contribution in [3.05, 3.63) is 0 Å². The highest BCUT2D eigenvalue weighted by molar-refractivity contribution is 5.78. The van der Waals surface area contributed by atoms with Gasteiger partial charge in [0.25, 0.3) is 0 Å². The van der Waals surface area contributed by atoms with Gasteiger partial charge in [-0.25, -0.2) is 0 Å². The summed E-state index contributed by atoms with van der Waals surface area (Å²) in [6.07, 6.45) is 3.35. The molecule has 3 N–H and O–H groups in total. The van der Waals surface area contributed by atoms with Crippen molar-refractivity contribution < 1.29 is 4.79 Å². The van der Waals surface area contributed by atoms with E-state index in [2.05, 4.69) is 5.32 Å². The molecule has 0 heterocycles. The van der Waals surface area contributed by atoms with Crippen molar-refractivity contribution in [2.75, 3.05) is 13.1 Å². The smallest absolute Gasteiger partial charge is 0.222 e. The number of nitrogens with one attached hydrogen (secondary N) is 1. The van der Waals surface area contributed by atoms with Gasteiger partial charge in [0.15, 0.2) is 0 Å². The molecule has 1 aliphatic rings. The number of nitrogens with two attached hydrogens (primary N) is 1. The molecule has 70 valence electrons. The molecule has 0 saturated heterocycles. The maximum atomic E-state index is 11.3. The molecule has 0 aromatic carbocycles. The minimum Gasteiger partial charge on any atom is -0.356 e. The van der Waals surface area contributed by atoms with E-state index < -0.39 is 0 Å². The normalized spacial score (nSPS) is 18.8. The second kappa shape index (κ2) is 4.45. The van der Waals surface area contributed by atoms with Crippen LogP contribution in [0.15, 0.2) is 0 Å². The van der Waals surface area contributed by atoms with Crippen LogP contribution in [0.3, 0.4) is 0 Å². The van der Waals surface area contributed by atoms with Gasteiger partial charge in [-0.2, -0.15) is 0 Å². The van der Waals surface area contributed by atoms with E-state index in [1.807, 2.05) is 6.92 Å². The summed E-state index contributed by atoms with van der Waals surface area (Å²) in [4.78, 5) is 11.3. The molecule has 0 bridgehead atoms. The lowest BCUT2D eigenvalue weighted by Crippen LogP contribution is -2.31. The van der Waals surface area contributed by atoms with E-state index in [1.54, 1.807) is 0 Å². The summed E-state index contributed by atoms with van der Waals surface area (Å²) in [6, 6.07) is 0. The molecule has 1 rings (SSSR count). The Morgan fingerprint density at radius 1 is 1.67 bits per heavy atom. The van der Waals surface area contributed by atoms with Crippen molar-refractivity contribution in [1.29, 1.82) is 0 Å². The van der Waals surface area contributed by atoms with Crippen LogP contribution < -0.4 is 11.1 Å². The van der Waals surface area contributed by atoms with Gasteiger partial charge in [0, 0.05) is 12.5 Å². The Morgan fingerprint density at radius 3 is 2.83 bits per heavy atom. The van der Waals surface area contributed by atoms with Crippen LogP contribution >= 0.6 is 0 Å². The van der Waals surface area contributed by atoms with Crippen LogP contribution in [0.2, 0.25) is 0 Å². The van der Waals surface area contributed by atoms with Gasteiger partial charge in [0.1, 0.15) is 0 Å². The van der Waals surface area contributed by atoms with E-state index in [9.17, 15) is 4.79 Å². The molecule has 1 unspecified atom stereocenters. The summed E-state index contributed by atoms with van der Waals surface area (Å²) < 4.78 is 0. The second-order valence-corrected chi connectivity index (χ2v) is 3.67. The molecule has 0 aliphatic heterocycles. The first-order valence-electron chi connectivity index (χ1n) is 4.71. The first kappa shape index (κ1) is 9.52. The third kappa shape index (κ3) is 3.22. The molecule has 1 aliphatic carbocycles. The second-order valence-electron chi connectivity index (χ2n) is 3.67. The minimum absolute atomic E-state index is 0.0775. The number of rotatable bonds is 5. The van der Waals surface area contributed by atoms with E-state index in [0.29, 0.717) is 6.54 Å². The lowest BCUT2D eigenvalue weighted by Gasteiger charge is -2.09. The molecule has 12 heavy (non-hydrogen) atoms. The van der Waals surface area contributed by atoms with Crippen molar-refractivity contribution in [2.24, 2.45) is 17.6 Å². The largest absolute Gasteiger partial charge is 0.356 e. The number of hydrogen-bond donors (Lipinski definition) is 2. The van der Waals surface area contributed by atoms with Gasteiger partial charge in [-0.3, -0.25) is 4.79 Å². The molecule has 0 spiro atoms. The topological polar surface area (TPSA) is 55.1 Å². The van der Waals surface area contributed by atoms with Crippen molar-refractivity contribution in [2.45, 2.75) is 26.2 Å². The quantitative estimate of drug-likeness (QED) is 0.631. The molecule has 0 radical (unpaired) electrons. The SMILES string of the molecule is CC(CCN)C(=O)NCC1CC1. The summed E-state index contributed by atoms with van der Waals surface area (Å²) >= 11 is 0. The minimum atomic E-state index is 0.0775. The molecule has 0 aromatic rings. The monoisotopic (exact) mass is 170 g/mol. The summed E-state index contributed by atoms with van der Waals surface area (Å²) in [5, 5.41) is 2.93. The third-order valence-electron chi connectivity index (χ3n) is 2.31.